The van der Waals surface area contributed by atoms with Gasteiger partial charge in [-0.1, -0.05) is 6.42 Å². The van der Waals surface area contributed by atoms with E-state index in [1.807, 2.05) is 0 Å². The molecule has 1 saturated carbocycles. The number of hydrogen-bond donors (Lipinski definition) is 1. The Morgan fingerprint density at radius 2 is 2.36 bits per heavy atom. The second kappa shape index (κ2) is 5.42. The first-order chi connectivity index (χ1) is 6.69. The smallest absolute Gasteiger partial charge is 0.331 e. The summed E-state index contributed by atoms with van der Waals surface area (Å²) in [6.07, 6.45) is 3.03. The minimum atomic E-state index is -0.480. The lowest BCUT2D eigenvalue weighted by atomic mass is 9.83. The number of rotatable bonds is 3. The van der Waals surface area contributed by atoms with E-state index in [-0.39, 0.29) is 18.0 Å². The van der Waals surface area contributed by atoms with Crippen molar-refractivity contribution >= 4 is 15.0 Å². The topological polar surface area (TPSA) is 58.9 Å². The Hall–Kier alpha value is -0.470. The molecule has 1 aliphatic rings. The van der Waals surface area contributed by atoms with Crippen LogP contribution in [0.3, 0.4) is 0 Å². The maximum Gasteiger partial charge on any atom is 0.331 e. The van der Waals surface area contributed by atoms with E-state index in [0.29, 0.717) is 6.42 Å². The fourth-order valence-electron chi connectivity index (χ4n) is 1.96. The maximum atomic E-state index is 11.3. The van der Waals surface area contributed by atoms with Crippen molar-refractivity contribution in [3.05, 3.63) is 0 Å². The van der Waals surface area contributed by atoms with Gasteiger partial charge in [-0.25, -0.2) is 4.79 Å². The molecular formula is C9H16NO3P. The van der Waals surface area contributed by atoms with E-state index >= 15 is 0 Å². The first kappa shape index (κ1) is 11.6. The monoisotopic (exact) mass is 217 g/mol. The van der Waals surface area contributed by atoms with Gasteiger partial charge in [0.15, 0.2) is 6.04 Å². The summed E-state index contributed by atoms with van der Waals surface area (Å²) >= 11 is 0. The first-order valence-electron chi connectivity index (χ1n) is 4.81. The first-order valence-corrected chi connectivity index (χ1v) is 5.26. The number of carbonyl (C=O) groups is 1. The molecule has 0 radical (unpaired) electrons. The fraction of sp³-hybridized carbons (Fsp3) is 0.889. The molecule has 4 nitrogen and oxygen atoms in total. The van der Waals surface area contributed by atoms with Crippen LogP contribution in [0.15, 0.2) is 4.74 Å². The van der Waals surface area contributed by atoms with E-state index in [0.717, 1.165) is 19.3 Å². The Morgan fingerprint density at radius 3 is 2.86 bits per heavy atom. The summed E-state index contributed by atoms with van der Waals surface area (Å²) in [4.78, 5) is 11.3. The SMILES string of the molecule is COC(=O)C(N=P)C1CCCC(O)C1. The number of aliphatic hydroxyl groups is 1. The molecule has 0 aromatic heterocycles. The molecule has 0 aromatic carbocycles. The highest BCUT2D eigenvalue weighted by Gasteiger charge is 2.32. The van der Waals surface area contributed by atoms with Gasteiger partial charge in [0.05, 0.1) is 13.2 Å². The van der Waals surface area contributed by atoms with E-state index in [1.165, 1.54) is 7.11 Å². The molecule has 0 saturated heterocycles. The minimum absolute atomic E-state index is 0.101. The standard InChI is InChI=1S/C9H16NO3P/c1-13-9(12)8(10-14)6-3-2-4-7(11)5-6/h6-8,11,14H,2-5H2,1H3. The van der Waals surface area contributed by atoms with E-state index in [9.17, 15) is 9.90 Å². The molecular weight excluding hydrogens is 201 g/mol. The Morgan fingerprint density at radius 1 is 1.64 bits per heavy atom. The number of ether oxygens (including phenoxy) is 1. The second-order valence-corrected chi connectivity index (χ2v) is 3.94. The number of esters is 1. The average molecular weight is 217 g/mol. The van der Waals surface area contributed by atoms with Crippen molar-refractivity contribution in [1.82, 2.24) is 0 Å². The van der Waals surface area contributed by atoms with Gasteiger partial charge in [0.25, 0.3) is 0 Å². The molecule has 1 N–H and O–H groups in total. The van der Waals surface area contributed by atoms with Gasteiger partial charge >= 0.3 is 5.97 Å². The third-order valence-corrected chi connectivity index (χ3v) is 2.99. The predicted molar refractivity (Wildman–Crippen MR) is 54.5 cm³/mol. The normalized spacial score (nSPS) is 29.3. The Bertz CT molecular complexity index is 222. The summed E-state index contributed by atoms with van der Waals surface area (Å²) in [5.74, 6) is -0.234. The quantitative estimate of drug-likeness (QED) is 0.574. The molecule has 5 heteroatoms. The van der Waals surface area contributed by atoms with E-state index in [1.54, 1.807) is 0 Å². The summed E-state index contributed by atoms with van der Waals surface area (Å²) in [5.41, 5.74) is 0. The van der Waals surface area contributed by atoms with Gasteiger partial charge in [0.1, 0.15) is 0 Å². The van der Waals surface area contributed by atoms with Crippen molar-refractivity contribution in [2.45, 2.75) is 37.8 Å². The molecule has 0 amide bonds. The van der Waals surface area contributed by atoms with Crippen LogP contribution in [0.2, 0.25) is 0 Å². The Kier molecular flexibility index (Phi) is 4.49. The third kappa shape index (κ3) is 2.76. The van der Waals surface area contributed by atoms with Crippen LogP contribution in [-0.2, 0) is 9.53 Å². The van der Waals surface area contributed by atoms with Crippen molar-refractivity contribution in [2.75, 3.05) is 7.11 Å². The van der Waals surface area contributed by atoms with Crippen LogP contribution in [0.4, 0.5) is 0 Å². The lowest BCUT2D eigenvalue weighted by Crippen LogP contribution is -2.33. The van der Waals surface area contributed by atoms with Crippen LogP contribution in [-0.4, -0.2) is 30.3 Å². The van der Waals surface area contributed by atoms with Crippen LogP contribution in [0, 0.1) is 5.92 Å². The molecule has 0 spiro atoms. The Balaban J connectivity index is 2.59. The zero-order valence-corrected chi connectivity index (χ0v) is 9.27. The van der Waals surface area contributed by atoms with E-state index < -0.39 is 6.04 Å². The highest BCUT2D eigenvalue weighted by Crippen LogP contribution is 2.29. The van der Waals surface area contributed by atoms with Crippen molar-refractivity contribution in [1.29, 1.82) is 0 Å². The van der Waals surface area contributed by atoms with Gasteiger partial charge in [0.2, 0.25) is 0 Å². The van der Waals surface area contributed by atoms with Crippen molar-refractivity contribution in [3.8, 4) is 0 Å². The molecule has 0 heterocycles. The maximum absolute atomic E-state index is 11.3. The van der Waals surface area contributed by atoms with Crippen LogP contribution in [0.25, 0.3) is 0 Å². The van der Waals surface area contributed by atoms with E-state index in [2.05, 4.69) is 18.5 Å². The molecule has 1 aliphatic carbocycles. The molecule has 0 bridgehead atoms. The number of aliphatic hydroxyl groups excluding tert-OH is 1. The summed E-state index contributed by atoms with van der Waals surface area (Å²) in [6.45, 7) is 0. The number of methoxy groups -OCH3 is 1. The predicted octanol–water partition coefficient (Wildman–Crippen LogP) is 1.41. The average Bonchev–Trinajstić information content (AvgIpc) is 2.19. The number of nitrogens with zero attached hydrogens (tertiary/aromatic N) is 1. The second-order valence-electron chi connectivity index (χ2n) is 3.68. The highest BCUT2D eigenvalue weighted by molar-refractivity contribution is 7.04. The summed E-state index contributed by atoms with van der Waals surface area (Å²) in [5, 5.41) is 9.47. The van der Waals surface area contributed by atoms with Crippen molar-refractivity contribution in [2.24, 2.45) is 10.7 Å². The van der Waals surface area contributed by atoms with Gasteiger partial charge < -0.3 is 9.84 Å². The fourth-order valence-corrected chi connectivity index (χ4v) is 2.28. The molecule has 80 valence electrons. The van der Waals surface area contributed by atoms with Crippen molar-refractivity contribution < 1.29 is 14.6 Å². The number of carbonyl (C=O) groups excluding carboxylic acids is 1. The largest absolute Gasteiger partial charge is 0.467 e. The molecule has 1 fully saturated rings. The van der Waals surface area contributed by atoms with Gasteiger partial charge in [0, 0.05) is 0 Å². The number of hydrogen-bond acceptors (Lipinski definition) is 4. The lowest BCUT2D eigenvalue weighted by Gasteiger charge is -2.28. The summed E-state index contributed by atoms with van der Waals surface area (Å²) < 4.78 is 8.48. The van der Waals surface area contributed by atoms with Gasteiger partial charge in [-0.05, 0) is 34.2 Å². The van der Waals surface area contributed by atoms with Crippen LogP contribution < -0.4 is 0 Å². The van der Waals surface area contributed by atoms with Gasteiger partial charge in [-0.15, -0.1) is 0 Å². The third-order valence-electron chi connectivity index (χ3n) is 2.72. The molecule has 3 atom stereocenters. The van der Waals surface area contributed by atoms with Crippen molar-refractivity contribution in [3.63, 3.8) is 0 Å². The lowest BCUT2D eigenvalue weighted by molar-refractivity contribution is -0.144. The van der Waals surface area contributed by atoms with E-state index in [4.69, 9.17) is 0 Å². The molecule has 0 aliphatic heterocycles. The molecule has 14 heavy (non-hydrogen) atoms. The molecule has 0 aromatic rings. The summed E-state index contributed by atoms with van der Waals surface area (Å²) in [6, 6.07) is -0.480. The van der Waals surface area contributed by atoms with Crippen LogP contribution in [0.5, 0.6) is 0 Å². The molecule has 1 rings (SSSR count). The van der Waals surface area contributed by atoms with Crippen LogP contribution in [0.1, 0.15) is 25.7 Å². The van der Waals surface area contributed by atoms with Crippen LogP contribution >= 0.6 is 9.03 Å². The van der Waals surface area contributed by atoms with Gasteiger partial charge in [-0.3, -0.25) is 4.74 Å². The summed E-state index contributed by atoms with van der Waals surface area (Å²) in [7, 11) is 4.36. The highest BCUT2D eigenvalue weighted by atomic mass is 31.0. The molecule has 3 unspecified atom stereocenters. The zero-order chi connectivity index (χ0) is 10.6. The minimum Gasteiger partial charge on any atom is -0.467 e. The Labute approximate surface area is 86.0 Å². The zero-order valence-electron chi connectivity index (χ0n) is 8.27. The van der Waals surface area contributed by atoms with Gasteiger partial charge in [-0.2, -0.15) is 0 Å².